The molecule has 6 amide bonds. The maximum Gasteiger partial charge on any atom is 0.389 e. The first kappa shape index (κ1) is 50.7. The summed E-state index contributed by atoms with van der Waals surface area (Å²) >= 11 is 0. The second kappa shape index (κ2) is 26.2. The van der Waals surface area contributed by atoms with E-state index >= 15 is 0 Å². The number of hydrogen-bond acceptors (Lipinski definition) is 6. The Morgan fingerprint density at radius 3 is 1.92 bits per heavy atom. The molecule has 12 nitrogen and oxygen atoms in total. The molecule has 5 N–H and O–H groups in total. The molecule has 1 rings (SSSR count). The third kappa shape index (κ3) is 22.9. The van der Waals surface area contributed by atoms with Crippen molar-refractivity contribution in [3.63, 3.8) is 0 Å². The van der Waals surface area contributed by atoms with E-state index in [4.69, 9.17) is 5.73 Å². The van der Waals surface area contributed by atoms with Crippen LogP contribution in [0.3, 0.4) is 0 Å². The number of amides is 6. The number of hydrogen-bond donors (Lipinski definition) is 4. The number of carbonyl (C=O) groups is 6. The standard InChI is InChI=1S/C24H37F3N6O6.C5H12.C4H10.C2H6/c1-6-11-32(5)16(34)13-29-22(39)31-18(23(2,3)4)21(38)33-12-7-8-15(33)20(37)30-14(17(35)19(28)36)9-10-24(25,26)27;1-3-5-4-2;1-4(2)3;1-2/h6,14-15,18H,1,7-13H2,2-5H3,(H2,28,36)(H,30,37)(H2,29,31,39);3-5H2,1-2H3;4H,1-3H3;1-2H3/t14?,15-,18?;;;/m0.../s1. The molecule has 0 aliphatic carbocycles. The largest absolute Gasteiger partial charge is 0.389 e. The fraction of sp³-hybridized carbons (Fsp3) is 0.771. The van der Waals surface area contributed by atoms with Gasteiger partial charge < -0.3 is 31.5 Å². The maximum atomic E-state index is 13.5. The number of nitrogens with two attached hydrogens (primary N) is 1. The first-order valence-electron chi connectivity index (χ1n) is 17.4. The molecule has 1 aliphatic heterocycles. The van der Waals surface area contributed by atoms with Gasteiger partial charge in [0.15, 0.2) is 0 Å². The van der Waals surface area contributed by atoms with Crippen molar-refractivity contribution >= 4 is 35.4 Å². The topological polar surface area (TPSA) is 171 Å². The molecule has 1 heterocycles. The molecule has 15 heteroatoms. The molecule has 0 aromatic carbocycles. The van der Waals surface area contributed by atoms with E-state index in [1.807, 2.05) is 13.8 Å². The molecule has 0 saturated carbocycles. The number of nitrogens with one attached hydrogen (secondary N) is 3. The summed E-state index contributed by atoms with van der Waals surface area (Å²) in [4.78, 5) is 76.9. The van der Waals surface area contributed by atoms with Crippen LogP contribution >= 0.6 is 0 Å². The predicted octanol–water partition coefficient (Wildman–Crippen LogP) is 5.10. The van der Waals surface area contributed by atoms with Crippen molar-refractivity contribution in [2.45, 2.75) is 138 Å². The minimum Gasteiger partial charge on any atom is -0.363 e. The quantitative estimate of drug-likeness (QED) is 0.144. The number of unbranched alkanes of at least 4 members (excludes halogenated alkanes) is 2. The highest BCUT2D eigenvalue weighted by Gasteiger charge is 2.43. The van der Waals surface area contributed by atoms with Crippen LogP contribution in [0.25, 0.3) is 0 Å². The van der Waals surface area contributed by atoms with Crippen LogP contribution in [-0.2, 0) is 24.0 Å². The van der Waals surface area contributed by atoms with Gasteiger partial charge in [0.1, 0.15) is 12.1 Å². The molecule has 0 aromatic rings. The number of Topliss-reactive ketones (excluding diaryl/α,β-unsaturated/α-hetero) is 1. The monoisotopic (exact) mass is 722 g/mol. The number of urea groups is 1. The lowest BCUT2D eigenvalue weighted by Crippen LogP contribution is -2.60. The van der Waals surface area contributed by atoms with E-state index in [0.29, 0.717) is 6.42 Å². The van der Waals surface area contributed by atoms with Crippen LogP contribution in [0, 0.1) is 11.3 Å². The summed E-state index contributed by atoms with van der Waals surface area (Å²) in [6, 6.07) is -4.92. The Morgan fingerprint density at radius 2 is 1.52 bits per heavy atom. The van der Waals surface area contributed by atoms with Crippen molar-refractivity contribution in [1.29, 1.82) is 0 Å². The molecule has 0 bridgehead atoms. The molecule has 1 saturated heterocycles. The van der Waals surface area contributed by atoms with Crippen LogP contribution in [0.2, 0.25) is 0 Å². The third-order valence-electron chi connectivity index (χ3n) is 6.76. The normalized spacial score (nSPS) is 14.9. The molecule has 50 heavy (non-hydrogen) atoms. The SMILES string of the molecule is C=CCN(C)C(=O)CNC(=O)NC(C(=O)N1CCC[C@H]1C(=O)NC(CCC(F)(F)F)C(=O)C(N)=O)C(C)(C)C.CC.CC(C)C.CCCCC. The van der Waals surface area contributed by atoms with E-state index in [1.54, 1.807) is 20.8 Å². The molecule has 0 spiro atoms. The van der Waals surface area contributed by atoms with Crippen LogP contribution in [0.4, 0.5) is 18.0 Å². The minimum atomic E-state index is -4.64. The van der Waals surface area contributed by atoms with Crippen molar-refractivity contribution in [2.75, 3.05) is 26.7 Å². The Labute approximate surface area is 297 Å². The Hall–Kier alpha value is -3.65. The summed E-state index contributed by atoms with van der Waals surface area (Å²) in [7, 11) is 1.52. The van der Waals surface area contributed by atoms with Gasteiger partial charge in [-0.25, -0.2) is 4.79 Å². The molecule has 0 radical (unpaired) electrons. The number of likely N-dealkylation sites (N-methyl/N-ethyl adjacent to an activating group) is 1. The van der Waals surface area contributed by atoms with Crippen molar-refractivity contribution in [2.24, 2.45) is 17.1 Å². The highest BCUT2D eigenvalue weighted by molar-refractivity contribution is 6.37. The van der Waals surface area contributed by atoms with Gasteiger partial charge in [-0.3, -0.25) is 24.0 Å². The van der Waals surface area contributed by atoms with E-state index in [2.05, 4.69) is 57.1 Å². The molecular formula is C35H65F3N6O6. The second-order valence-corrected chi connectivity index (χ2v) is 13.4. The lowest BCUT2D eigenvalue weighted by molar-refractivity contribution is -0.146. The average molecular weight is 723 g/mol. The number of ketones is 1. The maximum absolute atomic E-state index is 13.5. The Balaban J connectivity index is -0.00000175. The predicted molar refractivity (Wildman–Crippen MR) is 191 cm³/mol. The van der Waals surface area contributed by atoms with E-state index in [9.17, 15) is 41.9 Å². The van der Waals surface area contributed by atoms with Gasteiger partial charge in [0.2, 0.25) is 23.5 Å². The van der Waals surface area contributed by atoms with Crippen molar-refractivity contribution in [1.82, 2.24) is 25.8 Å². The highest BCUT2D eigenvalue weighted by atomic mass is 19.4. The van der Waals surface area contributed by atoms with Gasteiger partial charge in [0, 0.05) is 26.6 Å². The molecule has 1 aliphatic rings. The summed E-state index contributed by atoms with van der Waals surface area (Å²) in [5.74, 6) is -4.01. The molecule has 0 aromatic heterocycles. The zero-order chi connectivity index (χ0) is 39.8. The molecule has 3 atom stereocenters. The van der Waals surface area contributed by atoms with Gasteiger partial charge in [-0.15, -0.1) is 6.58 Å². The number of alkyl halides is 3. The van der Waals surface area contributed by atoms with E-state index in [0.717, 1.165) is 5.92 Å². The first-order valence-corrected chi connectivity index (χ1v) is 17.4. The molecule has 292 valence electrons. The van der Waals surface area contributed by atoms with Crippen molar-refractivity contribution < 1.29 is 41.9 Å². The third-order valence-corrected chi connectivity index (χ3v) is 6.76. The van der Waals surface area contributed by atoms with Crippen molar-refractivity contribution in [3.05, 3.63) is 12.7 Å². The zero-order valence-corrected chi connectivity index (χ0v) is 32.2. The van der Waals surface area contributed by atoms with Crippen LogP contribution in [-0.4, -0.2) is 96.2 Å². The second-order valence-electron chi connectivity index (χ2n) is 13.4. The smallest absolute Gasteiger partial charge is 0.363 e. The van der Waals surface area contributed by atoms with Crippen LogP contribution in [0.1, 0.15) is 114 Å². The number of carbonyl (C=O) groups excluding carboxylic acids is 6. The van der Waals surface area contributed by atoms with E-state index in [1.165, 1.54) is 42.2 Å². The Kier molecular flexibility index (Phi) is 26.6. The zero-order valence-electron chi connectivity index (χ0n) is 32.2. The Bertz CT molecular complexity index is 1060. The molecular weight excluding hydrogens is 657 g/mol. The summed E-state index contributed by atoms with van der Waals surface area (Å²) < 4.78 is 38.1. The van der Waals surface area contributed by atoms with Crippen LogP contribution < -0.4 is 21.7 Å². The van der Waals surface area contributed by atoms with Crippen LogP contribution in [0.5, 0.6) is 0 Å². The van der Waals surface area contributed by atoms with E-state index in [-0.39, 0.29) is 26.1 Å². The summed E-state index contributed by atoms with van der Waals surface area (Å²) in [6.07, 6.45) is -0.889. The van der Waals surface area contributed by atoms with Gasteiger partial charge in [-0.05, 0) is 30.6 Å². The molecule has 2 unspecified atom stereocenters. The van der Waals surface area contributed by atoms with Gasteiger partial charge >= 0.3 is 12.2 Å². The summed E-state index contributed by atoms with van der Waals surface area (Å²) in [6.45, 7) is 23.5. The fourth-order valence-electron chi connectivity index (χ4n) is 4.26. The van der Waals surface area contributed by atoms with Crippen molar-refractivity contribution in [3.8, 4) is 0 Å². The highest BCUT2D eigenvalue weighted by Crippen LogP contribution is 2.27. The van der Waals surface area contributed by atoms with Gasteiger partial charge in [0.25, 0.3) is 5.91 Å². The van der Waals surface area contributed by atoms with Crippen LogP contribution in [0.15, 0.2) is 12.7 Å². The number of rotatable bonds is 14. The summed E-state index contributed by atoms with van der Waals surface area (Å²) in [5.41, 5.74) is 4.08. The van der Waals surface area contributed by atoms with Gasteiger partial charge in [-0.1, -0.05) is 94.6 Å². The average Bonchev–Trinajstić information content (AvgIpc) is 3.51. The van der Waals surface area contributed by atoms with E-state index < -0.39 is 78.0 Å². The lowest BCUT2D eigenvalue weighted by atomic mass is 9.85. The number of halogens is 3. The molecule has 1 fully saturated rings. The van der Waals surface area contributed by atoms with Gasteiger partial charge in [-0.2, -0.15) is 13.2 Å². The Morgan fingerprint density at radius 1 is 1.00 bits per heavy atom. The minimum absolute atomic E-state index is 0.106. The summed E-state index contributed by atoms with van der Waals surface area (Å²) in [5, 5.41) is 7.04. The lowest BCUT2D eigenvalue weighted by Gasteiger charge is -2.35. The number of likely N-dealkylation sites (tertiary alicyclic amines) is 1. The fourth-order valence-corrected chi connectivity index (χ4v) is 4.26. The van der Waals surface area contributed by atoms with Gasteiger partial charge in [0.05, 0.1) is 12.6 Å². The number of primary amides is 1. The number of nitrogens with zero attached hydrogens (tertiary/aromatic N) is 2. The first-order chi connectivity index (χ1) is 23.0.